The first kappa shape index (κ1) is 13.1. The fraction of sp³-hybridized carbons (Fsp3) is 0.625. The number of ether oxygens (including phenoxy) is 1. The van der Waals surface area contributed by atoms with Gasteiger partial charge in [0, 0.05) is 19.3 Å². The Bertz CT molecular complexity index is 394. The molecular weight excluding hydrogens is 241 g/mol. The van der Waals surface area contributed by atoms with Gasteiger partial charge in [-0.15, -0.1) is 0 Å². The van der Waals surface area contributed by atoms with Gasteiger partial charge in [0.2, 0.25) is 0 Å². The molecule has 0 atom stereocenters. The van der Waals surface area contributed by atoms with Crippen LogP contribution in [0, 0.1) is 11.7 Å². The molecule has 0 spiro atoms. The second-order valence-corrected chi connectivity index (χ2v) is 5.88. The molecule has 2 aliphatic rings. The van der Waals surface area contributed by atoms with Crippen molar-refractivity contribution >= 4 is 0 Å². The predicted octanol–water partition coefficient (Wildman–Crippen LogP) is 3.09. The molecule has 1 aromatic rings. The first-order valence-electron chi connectivity index (χ1n) is 7.38. The normalized spacial score (nSPS) is 28.1. The smallest absolute Gasteiger partial charge is 0.123 e. The lowest BCUT2D eigenvalue weighted by atomic mass is 9.75. The van der Waals surface area contributed by atoms with E-state index in [1.807, 2.05) is 12.1 Å². The molecule has 2 nitrogen and oxygen atoms in total. The van der Waals surface area contributed by atoms with E-state index in [-0.39, 0.29) is 5.82 Å². The number of halogens is 1. The van der Waals surface area contributed by atoms with E-state index in [0.717, 1.165) is 25.7 Å². The van der Waals surface area contributed by atoms with Crippen LogP contribution in [0.2, 0.25) is 0 Å². The zero-order chi connectivity index (χ0) is 13.1. The summed E-state index contributed by atoms with van der Waals surface area (Å²) >= 11 is 0. The van der Waals surface area contributed by atoms with Crippen LogP contribution in [0.5, 0.6) is 0 Å². The third kappa shape index (κ3) is 3.34. The molecule has 0 unspecified atom stereocenters. The van der Waals surface area contributed by atoms with Crippen LogP contribution in [0.15, 0.2) is 24.3 Å². The Morgan fingerprint density at radius 3 is 2.47 bits per heavy atom. The van der Waals surface area contributed by atoms with Gasteiger partial charge in [0.25, 0.3) is 0 Å². The van der Waals surface area contributed by atoms with Crippen LogP contribution in [-0.4, -0.2) is 25.8 Å². The molecule has 1 aromatic carbocycles. The van der Waals surface area contributed by atoms with E-state index in [0.29, 0.717) is 12.0 Å². The fourth-order valence-electron chi connectivity index (χ4n) is 3.08. The Balaban J connectivity index is 1.39. The first-order valence-corrected chi connectivity index (χ1v) is 7.38. The molecule has 3 heteroatoms. The standard InChI is InChI=1S/C16H22FNO/c17-15-3-1-13(2-4-15)14-9-16(10-14)18-11-12-5-7-19-8-6-12/h1-4,12,14,16,18H,5-11H2. The van der Waals surface area contributed by atoms with E-state index in [1.165, 1.54) is 31.2 Å². The average molecular weight is 263 g/mol. The van der Waals surface area contributed by atoms with Gasteiger partial charge in [0.15, 0.2) is 0 Å². The van der Waals surface area contributed by atoms with Crippen molar-refractivity contribution in [1.29, 1.82) is 0 Å². The quantitative estimate of drug-likeness (QED) is 0.901. The van der Waals surface area contributed by atoms with Gasteiger partial charge in [-0.25, -0.2) is 4.39 Å². The van der Waals surface area contributed by atoms with Crippen LogP contribution in [0.25, 0.3) is 0 Å². The first-order chi connectivity index (χ1) is 9.31. The van der Waals surface area contributed by atoms with Crippen LogP contribution in [0.1, 0.15) is 37.2 Å². The van der Waals surface area contributed by atoms with Crippen molar-refractivity contribution < 1.29 is 9.13 Å². The van der Waals surface area contributed by atoms with Gasteiger partial charge in [-0.2, -0.15) is 0 Å². The average Bonchev–Trinajstić information content (AvgIpc) is 2.40. The minimum absolute atomic E-state index is 0.141. The Kier molecular flexibility index (Phi) is 4.14. The number of rotatable bonds is 4. The highest BCUT2D eigenvalue weighted by molar-refractivity contribution is 5.23. The number of benzene rings is 1. The molecule has 2 fully saturated rings. The molecule has 0 radical (unpaired) electrons. The summed E-state index contributed by atoms with van der Waals surface area (Å²) in [6.45, 7) is 2.98. The Morgan fingerprint density at radius 1 is 1.11 bits per heavy atom. The zero-order valence-electron chi connectivity index (χ0n) is 11.3. The monoisotopic (exact) mass is 263 g/mol. The number of hydrogen-bond donors (Lipinski definition) is 1. The summed E-state index contributed by atoms with van der Waals surface area (Å²) in [5.41, 5.74) is 1.28. The summed E-state index contributed by atoms with van der Waals surface area (Å²) in [6, 6.07) is 7.64. The molecule has 1 saturated carbocycles. The van der Waals surface area contributed by atoms with E-state index in [9.17, 15) is 4.39 Å². The van der Waals surface area contributed by atoms with E-state index >= 15 is 0 Å². The van der Waals surface area contributed by atoms with Crippen LogP contribution in [0.4, 0.5) is 4.39 Å². The van der Waals surface area contributed by atoms with Crippen LogP contribution in [0.3, 0.4) is 0 Å². The topological polar surface area (TPSA) is 21.3 Å². The molecule has 1 N–H and O–H groups in total. The van der Waals surface area contributed by atoms with Crippen molar-refractivity contribution in [2.75, 3.05) is 19.8 Å². The summed E-state index contributed by atoms with van der Waals surface area (Å²) < 4.78 is 18.2. The van der Waals surface area contributed by atoms with E-state index < -0.39 is 0 Å². The van der Waals surface area contributed by atoms with Crippen molar-refractivity contribution in [2.45, 2.75) is 37.6 Å². The van der Waals surface area contributed by atoms with Crippen molar-refractivity contribution in [3.05, 3.63) is 35.6 Å². The zero-order valence-corrected chi connectivity index (χ0v) is 11.3. The van der Waals surface area contributed by atoms with Crippen LogP contribution in [-0.2, 0) is 4.74 Å². The summed E-state index contributed by atoms with van der Waals surface area (Å²) in [5.74, 6) is 1.27. The lowest BCUT2D eigenvalue weighted by Gasteiger charge is -2.37. The van der Waals surface area contributed by atoms with Gasteiger partial charge in [0.1, 0.15) is 5.82 Å². The van der Waals surface area contributed by atoms with E-state index in [2.05, 4.69) is 5.32 Å². The summed E-state index contributed by atoms with van der Waals surface area (Å²) in [4.78, 5) is 0. The van der Waals surface area contributed by atoms with Crippen molar-refractivity contribution in [2.24, 2.45) is 5.92 Å². The Morgan fingerprint density at radius 2 is 1.79 bits per heavy atom. The predicted molar refractivity (Wildman–Crippen MR) is 73.7 cm³/mol. The van der Waals surface area contributed by atoms with Crippen molar-refractivity contribution in [3.8, 4) is 0 Å². The van der Waals surface area contributed by atoms with E-state index in [1.54, 1.807) is 12.1 Å². The lowest BCUT2D eigenvalue weighted by molar-refractivity contribution is 0.0640. The van der Waals surface area contributed by atoms with Crippen molar-refractivity contribution in [1.82, 2.24) is 5.32 Å². The summed E-state index contributed by atoms with van der Waals surface area (Å²) in [7, 11) is 0. The molecule has 1 saturated heterocycles. The Labute approximate surface area is 114 Å². The molecule has 104 valence electrons. The minimum atomic E-state index is -0.141. The van der Waals surface area contributed by atoms with Gasteiger partial charge >= 0.3 is 0 Å². The highest BCUT2D eigenvalue weighted by Crippen LogP contribution is 2.37. The van der Waals surface area contributed by atoms with Gasteiger partial charge in [-0.05, 0) is 61.8 Å². The van der Waals surface area contributed by atoms with Gasteiger partial charge in [0.05, 0.1) is 0 Å². The highest BCUT2D eigenvalue weighted by Gasteiger charge is 2.30. The fourth-order valence-corrected chi connectivity index (χ4v) is 3.08. The second-order valence-electron chi connectivity index (χ2n) is 5.88. The maximum Gasteiger partial charge on any atom is 0.123 e. The van der Waals surface area contributed by atoms with Gasteiger partial charge in [-0.3, -0.25) is 0 Å². The summed E-state index contributed by atoms with van der Waals surface area (Å²) in [6.07, 6.45) is 4.77. The number of hydrogen-bond acceptors (Lipinski definition) is 2. The van der Waals surface area contributed by atoms with E-state index in [4.69, 9.17) is 4.74 Å². The van der Waals surface area contributed by atoms with Crippen LogP contribution < -0.4 is 5.32 Å². The largest absolute Gasteiger partial charge is 0.381 e. The molecule has 0 amide bonds. The minimum Gasteiger partial charge on any atom is -0.381 e. The Hall–Kier alpha value is -0.930. The number of nitrogens with one attached hydrogen (secondary N) is 1. The van der Waals surface area contributed by atoms with Gasteiger partial charge in [-0.1, -0.05) is 12.1 Å². The molecule has 1 aliphatic carbocycles. The molecule has 0 aromatic heterocycles. The maximum absolute atomic E-state index is 12.9. The van der Waals surface area contributed by atoms with Crippen LogP contribution >= 0.6 is 0 Å². The second kappa shape index (κ2) is 6.02. The third-order valence-corrected chi connectivity index (χ3v) is 4.52. The summed E-state index contributed by atoms with van der Waals surface area (Å²) in [5, 5.41) is 3.67. The molecule has 3 rings (SSSR count). The molecular formula is C16H22FNO. The highest BCUT2D eigenvalue weighted by atomic mass is 19.1. The third-order valence-electron chi connectivity index (χ3n) is 4.52. The maximum atomic E-state index is 12.9. The van der Waals surface area contributed by atoms with Crippen molar-refractivity contribution in [3.63, 3.8) is 0 Å². The molecule has 19 heavy (non-hydrogen) atoms. The molecule has 1 aliphatic heterocycles. The lowest BCUT2D eigenvalue weighted by Crippen LogP contribution is -2.42. The van der Waals surface area contributed by atoms with Gasteiger partial charge < -0.3 is 10.1 Å². The SMILES string of the molecule is Fc1ccc(C2CC(NCC3CCOCC3)C2)cc1. The molecule has 1 heterocycles. The molecule has 0 bridgehead atoms.